The highest BCUT2D eigenvalue weighted by Gasteiger charge is 2.29. The molecule has 0 saturated heterocycles. The van der Waals surface area contributed by atoms with Crippen LogP contribution in [-0.2, 0) is 25.5 Å². The van der Waals surface area contributed by atoms with Gasteiger partial charge in [-0.2, -0.15) is 0 Å². The summed E-state index contributed by atoms with van der Waals surface area (Å²) < 4.78 is 5.11. The van der Waals surface area contributed by atoms with Gasteiger partial charge in [-0.15, -0.1) is 0 Å². The summed E-state index contributed by atoms with van der Waals surface area (Å²) in [5.41, 5.74) is 6.16. The molecule has 1 unspecified atom stereocenters. The van der Waals surface area contributed by atoms with Gasteiger partial charge in [0, 0.05) is 19.6 Å². The Kier molecular flexibility index (Phi) is 13.9. The van der Waals surface area contributed by atoms with Crippen LogP contribution in [0.2, 0.25) is 0 Å². The van der Waals surface area contributed by atoms with Gasteiger partial charge in [-0.05, 0) is 49.8 Å². The van der Waals surface area contributed by atoms with E-state index >= 15 is 0 Å². The number of aliphatic hydroxyl groups excluding tert-OH is 1. The highest BCUT2D eigenvalue weighted by atomic mass is 16.6. The first-order chi connectivity index (χ1) is 17.0. The third-order valence-corrected chi connectivity index (χ3v) is 5.38. The lowest BCUT2D eigenvalue weighted by atomic mass is 10.0. The molecule has 0 aromatic heterocycles. The Morgan fingerprint density at radius 1 is 0.917 bits per heavy atom. The van der Waals surface area contributed by atoms with Crippen LogP contribution >= 0.6 is 0 Å². The van der Waals surface area contributed by atoms with Crippen molar-refractivity contribution in [2.24, 2.45) is 11.7 Å². The number of aromatic hydroxyl groups is 1. The van der Waals surface area contributed by atoms with E-state index in [0.717, 1.165) is 19.3 Å². The summed E-state index contributed by atoms with van der Waals surface area (Å²) >= 11 is 0. The number of nitrogens with one attached hydrogen (secondary N) is 3. The van der Waals surface area contributed by atoms with Crippen molar-refractivity contribution in [2.75, 3.05) is 13.2 Å². The number of alkyl carbamates (subject to hydrolysis) is 1. The van der Waals surface area contributed by atoms with Crippen molar-refractivity contribution in [3.8, 4) is 5.75 Å². The van der Waals surface area contributed by atoms with Crippen LogP contribution < -0.4 is 21.7 Å². The Morgan fingerprint density at radius 2 is 1.53 bits per heavy atom. The number of benzene rings is 1. The van der Waals surface area contributed by atoms with E-state index in [2.05, 4.69) is 16.0 Å². The Hall–Kier alpha value is -3.34. The number of hydrogen-bond donors (Lipinski definition) is 6. The number of phenolic OH excluding ortho intramolecular Hbond substituents is 1. The quantitative estimate of drug-likeness (QED) is 0.181. The van der Waals surface area contributed by atoms with E-state index in [-0.39, 0.29) is 31.1 Å². The molecule has 11 nitrogen and oxygen atoms in total. The fourth-order valence-corrected chi connectivity index (χ4v) is 3.39. The van der Waals surface area contributed by atoms with Gasteiger partial charge in [0.05, 0.1) is 0 Å². The normalized spacial score (nSPS) is 13.4. The van der Waals surface area contributed by atoms with Gasteiger partial charge in [-0.3, -0.25) is 14.4 Å². The molecule has 202 valence electrons. The van der Waals surface area contributed by atoms with E-state index < -0.39 is 42.0 Å². The van der Waals surface area contributed by atoms with E-state index in [4.69, 9.17) is 15.6 Å². The Labute approximate surface area is 212 Å². The number of carbonyl (C=O) groups excluding carboxylic acids is 4. The fourth-order valence-electron chi connectivity index (χ4n) is 3.39. The summed E-state index contributed by atoms with van der Waals surface area (Å²) in [5, 5.41) is 25.9. The topological polar surface area (TPSA) is 180 Å². The van der Waals surface area contributed by atoms with Gasteiger partial charge >= 0.3 is 6.09 Å². The smallest absolute Gasteiger partial charge is 0.407 e. The number of primary amides is 1. The molecule has 7 N–H and O–H groups in total. The molecule has 0 aliphatic rings. The molecule has 0 radical (unpaired) electrons. The van der Waals surface area contributed by atoms with Crippen LogP contribution in [0.15, 0.2) is 24.3 Å². The zero-order valence-electron chi connectivity index (χ0n) is 21.3. The van der Waals surface area contributed by atoms with E-state index in [1.165, 1.54) is 19.1 Å². The predicted octanol–water partition coefficient (Wildman–Crippen LogP) is 1.10. The van der Waals surface area contributed by atoms with Crippen LogP contribution in [0.1, 0.15) is 58.4 Å². The number of amides is 4. The molecule has 3 atom stereocenters. The second-order valence-corrected chi connectivity index (χ2v) is 9.14. The van der Waals surface area contributed by atoms with Gasteiger partial charge in [0.1, 0.15) is 17.8 Å². The largest absolute Gasteiger partial charge is 0.508 e. The summed E-state index contributed by atoms with van der Waals surface area (Å²) in [6.45, 7) is 5.67. The first-order valence-corrected chi connectivity index (χ1v) is 12.3. The molecule has 1 aromatic rings. The number of rotatable bonds is 16. The van der Waals surface area contributed by atoms with Gasteiger partial charge in [0.2, 0.25) is 11.8 Å². The van der Waals surface area contributed by atoms with Gasteiger partial charge in [-0.1, -0.05) is 38.8 Å². The molecule has 0 bridgehead atoms. The minimum absolute atomic E-state index is 0.0375. The highest BCUT2D eigenvalue weighted by molar-refractivity contribution is 5.93. The molecule has 0 spiro atoms. The monoisotopic (exact) mass is 508 g/mol. The lowest BCUT2D eigenvalue weighted by Gasteiger charge is -2.24. The minimum atomic E-state index is -1.15. The maximum Gasteiger partial charge on any atom is 0.407 e. The second-order valence-electron chi connectivity index (χ2n) is 9.14. The summed E-state index contributed by atoms with van der Waals surface area (Å²) in [6.07, 6.45) is 1.65. The number of hydrogen-bond acceptors (Lipinski definition) is 7. The Bertz CT molecular complexity index is 845. The molecule has 4 amide bonds. The van der Waals surface area contributed by atoms with Crippen molar-refractivity contribution in [2.45, 2.75) is 77.5 Å². The van der Waals surface area contributed by atoms with Gasteiger partial charge < -0.3 is 36.6 Å². The summed E-state index contributed by atoms with van der Waals surface area (Å²) in [4.78, 5) is 49.5. The third kappa shape index (κ3) is 12.4. The van der Waals surface area contributed by atoms with E-state index in [1.807, 2.05) is 13.8 Å². The molecule has 0 fully saturated rings. The van der Waals surface area contributed by atoms with Crippen molar-refractivity contribution in [3.05, 3.63) is 29.8 Å². The summed E-state index contributed by atoms with van der Waals surface area (Å²) in [7, 11) is 0. The van der Waals surface area contributed by atoms with Crippen LogP contribution in [0.4, 0.5) is 4.79 Å². The van der Waals surface area contributed by atoms with E-state index in [1.54, 1.807) is 12.1 Å². The predicted molar refractivity (Wildman–Crippen MR) is 134 cm³/mol. The maximum absolute atomic E-state index is 13.0. The molecule has 0 saturated carbocycles. The molecular weight excluding hydrogens is 468 g/mol. The molecule has 0 heterocycles. The van der Waals surface area contributed by atoms with E-state index in [0.29, 0.717) is 18.5 Å². The highest BCUT2D eigenvalue weighted by Crippen LogP contribution is 2.12. The van der Waals surface area contributed by atoms with Gasteiger partial charge in [0.15, 0.2) is 6.10 Å². The maximum atomic E-state index is 13.0. The average Bonchev–Trinajstić information content (AvgIpc) is 2.81. The van der Waals surface area contributed by atoms with Gasteiger partial charge in [0.25, 0.3) is 5.91 Å². The second kappa shape index (κ2) is 16.4. The number of unbranched alkanes of at least 4 members (excludes halogenated alkanes) is 3. The SMILES string of the molecule is CC(C)C[C@H](NC(=O)C(C)OC(=O)NCCCCCCO)C(=O)N[C@@H](Cc1ccc(O)cc1)C(N)=O. The zero-order chi connectivity index (χ0) is 27.1. The van der Waals surface area contributed by atoms with Crippen LogP contribution in [0, 0.1) is 5.92 Å². The third-order valence-electron chi connectivity index (χ3n) is 5.38. The number of nitrogens with two attached hydrogens (primary N) is 1. The number of phenols is 1. The minimum Gasteiger partial charge on any atom is -0.508 e. The Balaban J connectivity index is 2.67. The van der Waals surface area contributed by atoms with Gasteiger partial charge in [-0.25, -0.2) is 4.79 Å². The molecule has 0 aliphatic carbocycles. The van der Waals surface area contributed by atoms with Crippen molar-refractivity contribution in [1.82, 2.24) is 16.0 Å². The first kappa shape index (κ1) is 30.7. The molecule has 11 heteroatoms. The standard InChI is InChI=1S/C25H40N4O7/c1-16(2)14-21(24(34)28-20(22(26)32)15-18-8-10-19(31)11-9-18)29-23(33)17(3)36-25(35)27-12-6-4-5-7-13-30/h8-11,16-17,20-21,30-31H,4-7,12-15H2,1-3H3,(H2,26,32)(H,27,35)(H,28,34)(H,29,33)/t17?,20-,21-/m0/s1. The van der Waals surface area contributed by atoms with Crippen LogP contribution in [0.5, 0.6) is 5.75 Å². The van der Waals surface area contributed by atoms with Crippen LogP contribution in [0.25, 0.3) is 0 Å². The Morgan fingerprint density at radius 3 is 2.11 bits per heavy atom. The molecule has 36 heavy (non-hydrogen) atoms. The fraction of sp³-hybridized carbons (Fsp3) is 0.600. The zero-order valence-corrected chi connectivity index (χ0v) is 21.3. The van der Waals surface area contributed by atoms with Crippen LogP contribution in [-0.4, -0.2) is 65.4 Å². The number of aliphatic hydroxyl groups is 1. The first-order valence-electron chi connectivity index (χ1n) is 12.3. The lowest BCUT2D eigenvalue weighted by molar-refractivity contribution is -0.134. The van der Waals surface area contributed by atoms with Crippen molar-refractivity contribution in [1.29, 1.82) is 0 Å². The molecule has 1 rings (SSSR count). The molecular formula is C25H40N4O7. The number of ether oxygens (including phenoxy) is 1. The van der Waals surface area contributed by atoms with Crippen molar-refractivity contribution >= 4 is 23.8 Å². The van der Waals surface area contributed by atoms with E-state index in [9.17, 15) is 24.3 Å². The lowest BCUT2D eigenvalue weighted by Crippen LogP contribution is -2.55. The summed E-state index contributed by atoms with van der Waals surface area (Å²) in [5.74, 6) is -1.87. The average molecular weight is 509 g/mol. The van der Waals surface area contributed by atoms with Crippen molar-refractivity contribution < 1.29 is 34.1 Å². The number of carbonyl (C=O) groups is 4. The molecule has 1 aromatic carbocycles. The summed E-state index contributed by atoms with van der Waals surface area (Å²) in [6, 6.07) is 4.16. The van der Waals surface area contributed by atoms with Crippen molar-refractivity contribution in [3.63, 3.8) is 0 Å². The molecule has 0 aliphatic heterocycles. The van der Waals surface area contributed by atoms with Crippen LogP contribution in [0.3, 0.4) is 0 Å².